The van der Waals surface area contributed by atoms with Crippen molar-refractivity contribution in [2.24, 2.45) is 0 Å². The van der Waals surface area contributed by atoms with E-state index in [0.29, 0.717) is 5.56 Å². The first kappa shape index (κ1) is 17.8. The van der Waals surface area contributed by atoms with Gasteiger partial charge in [-0.2, -0.15) is 0 Å². The highest BCUT2D eigenvalue weighted by Gasteiger charge is 2.32. The second kappa shape index (κ2) is 6.83. The van der Waals surface area contributed by atoms with E-state index in [4.69, 9.17) is 0 Å². The summed E-state index contributed by atoms with van der Waals surface area (Å²) >= 11 is 1.13. The first-order valence-electron chi connectivity index (χ1n) is 8.54. The van der Waals surface area contributed by atoms with Crippen LogP contribution in [0.1, 0.15) is 22.8 Å². The molecule has 1 aromatic heterocycles. The van der Waals surface area contributed by atoms with E-state index < -0.39 is 10.0 Å². The number of benzene rings is 2. The number of sulfonamides is 1. The average molecular weight is 399 g/mol. The molecule has 0 radical (unpaired) electrons. The molecule has 1 atom stereocenters. The number of nitrogens with zero attached hydrogens (tertiary/aromatic N) is 1. The zero-order valence-electron chi connectivity index (χ0n) is 14.6. The van der Waals surface area contributed by atoms with Crippen LogP contribution in [0.5, 0.6) is 0 Å². The van der Waals surface area contributed by atoms with Crippen LogP contribution in [0.3, 0.4) is 0 Å². The summed E-state index contributed by atoms with van der Waals surface area (Å²) in [5.74, 6) is -0.211. The van der Waals surface area contributed by atoms with Gasteiger partial charge < -0.3 is 4.90 Å². The van der Waals surface area contributed by atoms with E-state index >= 15 is 0 Å². The third-order valence-corrected chi connectivity index (χ3v) is 7.35. The van der Waals surface area contributed by atoms with E-state index in [1.54, 1.807) is 40.6 Å². The standard InChI is InChI=1S/C20H18N2O3S2/c1-14-13-15-7-2-5-10-18(15)22(14)20(23)16-8-3-4-9-17(16)21-27(24,25)19-11-6-12-26-19/h2-12,14,21H,13H2,1H3/t14-/m1/s1. The predicted molar refractivity (Wildman–Crippen MR) is 108 cm³/mol. The van der Waals surface area contributed by atoms with Gasteiger partial charge in [-0.25, -0.2) is 8.42 Å². The molecule has 1 aliphatic rings. The van der Waals surface area contributed by atoms with Crippen molar-refractivity contribution in [2.75, 3.05) is 9.62 Å². The van der Waals surface area contributed by atoms with E-state index in [1.807, 2.05) is 31.2 Å². The van der Waals surface area contributed by atoms with Crippen LogP contribution in [-0.2, 0) is 16.4 Å². The first-order valence-corrected chi connectivity index (χ1v) is 10.9. The molecular weight excluding hydrogens is 380 g/mol. The Kier molecular flexibility index (Phi) is 4.49. The Morgan fingerprint density at radius 3 is 2.59 bits per heavy atom. The minimum Gasteiger partial charge on any atom is -0.305 e. The highest BCUT2D eigenvalue weighted by Crippen LogP contribution is 2.34. The van der Waals surface area contributed by atoms with Gasteiger partial charge >= 0.3 is 0 Å². The zero-order valence-corrected chi connectivity index (χ0v) is 16.3. The van der Waals surface area contributed by atoms with Crippen molar-refractivity contribution in [3.8, 4) is 0 Å². The molecule has 7 heteroatoms. The lowest BCUT2D eigenvalue weighted by Crippen LogP contribution is -2.36. The number of amides is 1. The van der Waals surface area contributed by atoms with E-state index in [1.165, 1.54) is 6.07 Å². The summed E-state index contributed by atoms with van der Waals surface area (Å²) in [6.45, 7) is 2.00. The van der Waals surface area contributed by atoms with Gasteiger partial charge in [-0.05, 0) is 48.6 Å². The van der Waals surface area contributed by atoms with Crippen LogP contribution in [-0.4, -0.2) is 20.4 Å². The molecule has 4 rings (SSSR count). The van der Waals surface area contributed by atoms with E-state index in [2.05, 4.69) is 4.72 Å². The first-order chi connectivity index (χ1) is 13.0. The lowest BCUT2D eigenvalue weighted by molar-refractivity contribution is 0.0982. The summed E-state index contributed by atoms with van der Waals surface area (Å²) in [5.41, 5.74) is 2.62. The van der Waals surface area contributed by atoms with Crippen molar-refractivity contribution in [1.29, 1.82) is 0 Å². The maximum absolute atomic E-state index is 13.3. The molecule has 0 saturated carbocycles. The van der Waals surface area contributed by atoms with Gasteiger partial charge in [0.05, 0.1) is 11.3 Å². The SMILES string of the molecule is C[C@@H]1Cc2ccccc2N1C(=O)c1ccccc1NS(=O)(=O)c1cccs1. The number of carbonyl (C=O) groups is 1. The predicted octanol–water partition coefficient (Wildman–Crippen LogP) is 4.14. The fraction of sp³-hybridized carbons (Fsp3) is 0.150. The summed E-state index contributed by atoms with van der Waals surface area (Å²) < 4.78 is 28.0. The highest BCUT2D eigenvalue weighted by atomic mass is 32.2. The summed E-state index contributed by atoms with van der Waals surface area (Å²) in [6, 6.07) is 17.8. The van der Waals surface area contributed by atoms with Crippen molar-refractivity contribution >= 4 is 38.6 Å². The Bertz CT molecular complexity index is 1090. The maximum Gasteiger partial charge on any atom is 0.271 e. The second-order valence-corrected chi connectivity index (χ2v) is 9.30. The fourth-order valence-electron chi connectivity index (χ4n) is 3.37. The molecular formula is C20H18N2O3S2. The lowest BCUT2D eigenvalue weighted by atomic mass is 10.1. The van der Waals surface area contributed by atoms with E-state index in [9.17, 15) is 13.2 Å². The Morgan fingerprint density at radius 2 is 1.81 bits per heavy atom. The van der Waals surface area contributed by atoms with Crippen LogP contribution in [0.25, 0.3) is 0 Å². The molecule has 0 unspecified atom stereocenters. The number of carbonyl (C=O) groups excluding carboxylic acids is 1. The van der Waals surface area contributed by atoms with Crippen LogP contribution < -0.4 is 9.62 Å². The van der Waals surface area contributed by atoms with Crippen molar-refractivity contribution in [3.05, 3.63) is 77.2 Å². The molecule has 27 heavy (non-hydrogen) atoms. The molecule has 0 spiro atoms. The second-order valence-electron chi connectivity index (χ2n) is 6.44. The van der Waals surface area contributed by atoms with Crippen LogP contribution in [0.2, 0.25) is 0 Å². The van der Waals surface area contributed by atoms with Gasteiger partial charge in [0, 0.05) is 11.7 Å². The van der Waals surface area contributed by atoms with Gasteiger partial charge in [-0.3, -0.25) is 9.52 Å². The molecule has 2 aromatic carbocycles. The molecule has 0 aliphatic carbocycles. The molecule has 2 heterocycles. The summed E-state index contributed by atoms with van der Waals surface area (Å²) in [6.07, 6.45) is 0.783. The normalized spacial score (nSPS) is 16.2. The molecule has 5 nitrogen and oxygen atoms in total. The molecule has 1 amide bonds. The van der Waals surface area contributed by atoms with E-state index in [-0.39, 0.29) is 21.8 Å². The monoisotopic (exact) mass is 398 g/mol. The number of fused-ring (bicyclic) bond motifs is 1. The number of anilines is 2. The van der Waals surface area contributed by atoms with Gasteiger partial charge in [0.2, 0.25) is 0 Å². The summed E-state index contributed by atoms with van der Waals surface area (Å²) in [5, 5.41) is 1.70. The Hall–Kier alpha value is -2.64. The maximum atomic E-state index is 13.3. The Labute approximate surface area is 162 Å². The molecule has 0 saturated heterocycles. The Morgan fingerprint density at radius 1 is 1.07 bits per heavy atom. The number of rotatable bonds is 4. The van der Waals surface area contributed by atoms with Crippen LogP contribution in [0, 0.1) is 0 Å². The quantitative estimate of drug-likeness (QED) is 0.718. The Balaban J connectivity index is 1.71. The molecule has 0 bridgehead atoms. The molecule has 3 aromatic rings. The van der Waals surface area contributed by atoms with Gasteiger partial charge in [0.15, 0.2) is 0 Å². The minimum atomic E-state index is -3.73. The highest BCUT2D eigenvalue weighted by molar-refractivity contribution is 7.94. The third-order valence-electron chi connectivity index (χ3n) is 4.59. The fourth-order valence-corrected chi connectivity index (χ4v) is 5.45. The van der Waals surface area contributed by atoms with Crippen molar-refractivity contribution in [1.82, 2.24) is 0 Å². The van der Waals surface area contributed by atoms with Crippen molar-refractivity contribution < 1.29 is 13.2 Å². The summed E-state index contributed by atoms with van der Waals surface area (Å²) in [4.78, 5) is 15.1. The van der Waals surface area contributed by atoms with Crippen LogP contribution >= 0.6 is 11.3 Å². The smallest absolute Gasteiger partial charge is 0.271 e. The largest absolute Gasteiger partial charge is 0.305 e. The van der Waals surface area contributed by atoms with Gasteiger partial charge in [0.25, 0.3) is 15.9 Å². The molecule has 1 aliphatic heterocycles. The van der Waals surface area contributed by atoms with Gasteiger partial charge in [-0.15, -0.1) is 11.3 Å². The molecule has 0 fully saturated rings. The van der Waals surface area contributed by atoms with Crippen LogP contribution in [0.4, 0.5) is 11.4 Å². The molecule has 1 N–H and O–H groups in total. The third kappa shape index (κ3) is 3.24. The number of hydrogen-bond acceptors (Lipinski definition) is 4. The number of nitrogens with one attached hydrogen (secondary N) is 1. The van der Waals surface area contributed by atoms with Gasteiger partial charge in [0.1, 0.15) is 4.21 Å². The van der Waals surface area contributed by atoms with E-state index in [0.717, 1.165) is 29.0 Å². The van der Waals surface area contributed by atoms with Crippen molar-refractivity contribution in [2.45, 2.75) is 23.6 Å². The number of thiophene rings is 1. The number of para-hydroxylation sites is 2. The minimum absolute atomic E-state index is 0.0110. The van der Waals surface area contributed by atoms with Crippen molar-refractivity contribution in [3.63, 3.8) is 0 Å². The number of hydrogen-bond donors (Lipinski definition) is 1. The van der Waals surface area contributed by atoms with Gasteiger partial charge in [-0.1, -0.05) is 36.4 Å². The molecule has 138 valence electrons. The lowest BCUT2D eigenvalue weighted by Gasteiger charge is -2.24. The topological polar surface area (TPSA) is 66.5 Å². The van der Waals surface area contributed by atoms with Crippen LogP contribution in [0.15, 0.2) is 70.3 Å². The summed E-state index contributed by atoms with van der Waals surface area (Å²) in [7, 11) is -3.73. The zero-order chi connectivity index (χ0) is 19.0. The average Bonchev–Trinajstić information content (AvgIpc) is 3.29.